The molecule has 132 valence electrons. The van der Waals surface area contributed by atoms with E-state index >= 15 is 0 Å². The number of methoxy groups -OCH3 is 2. The number of thiazole rings is 1. The first-order chi connectivity index (χ1) is 12.0. The zero-order chi connectivity index (χ0) is 18.1. The van der Waals surface area contributed by atoms with Crippen molar-refractivity contribution in [2.24, 2.45) is 5.92 Å². The second-order valence-electron chi connectivity index (χ2n) is 5.35. The molecule has 6 nitrogen and oxygen atoms in total. The van der Waals surface area contributed by atoms with Gasteiger partial charge in [0.1, 0.15) is 5.25 Å². The van der Waals surface area contributed by atoms with Crippen LogP contribution in [0.15, 0.2) is 34.1 Å². The summed E-state index contributed by atoms with van der Waals surface area (Å²) < 4.78 is 9.80. The summed E-state index contributed by atoms with van der Waals surface area (Å²) in [5, 5.41) is 0.303. The van der Waals surface area contributed by atoms with Crippen molar-refractivity contribution in [1.29, 1.82) is 0 Å². The van der Waals surface area contributed by atoms with E-state index in [1.165, 1.54) is 14.2 Å². The molecule has 0 radical (unpaired) electrons. The lowest BCUT2D eigenvalue weighted by atomic mass is 9.82. The van der Waals surface area contributed by atoms with Crippen molar-refractivity contribution in [3.8, 4) is 0 Å². The minimum absolute atomic E-state index is 0.245. The highest BCUT2D eigenvalue weighted by atomic mass is 35.5. The van der Waals surface area contributed by atoms with E-state index in [0.29, 0.717) is 14.9 Å². The van der Waals surface area contributed by atoms with Gasteiger partial charge in [0.15, 0.2) is 0 Å². The number of rotatable bonds is 3. The Balaban J connectivity index is 2.20. The minimum Gasteiger partial charge on any atom is -0.469 e. The van der Waals surface area contributed by atoms with Crippen molar-refractivity contribution < 1.29 is 19.1 Å². The van der Waals surface area contributed by atoms with Crippen LogP contribution in [-0.4, -0.2) is 36.4 Å². The highest BCUT2D eigenvalue weighted by molar-refractivity contribution is 8.00. The molecule has 0 unspecified atom stereocenters. The fraction of sp³-hybridized carbons (Fsp3) is 0.312. The lowest BCUT2D eigenvalue weighted by Gasteiger charge is -2.33. The topological polar surface area (TPSA) is 85.5 Å². The number of H-pyrrole nitrogens is 1. The minimum atomic E-state index is -0.823. The molecule has 0 aliphatic carbocycles. The molecule has 0 amide bonds. The van der Waals surface area contributed by atoms with Crippen LogP contribution in [0.5, 0.6) is 0 Å². The number of esters is 2. The fourth-order valence-corrected chi connectivity index (χ4v) is 5.51. The normalized spacial score (nSPS) is 22.1. The van der Waals surface area contributed by atoms with Crippen LogP contribution in [0.2, 0.25) is 5.02 Å². The van der Waals surface area contributed by atoms with Gasteiger partial charge in [0, 0.05) is 15.8 Å². The summed E-state index contributed by atoms with van der Waals surface area (Å²) in [6.07, 6.45) is 0. The molecule has 2 aromatic rings. The summed E-state index contributed by atoms with van der Waals surface area (Å²) in [5.41, 5.74) is 0.769. The summed E-state index contributed by atoms with van der Waals surface area (Å²) in [6.45, 7) is 0. The van der Waals surface area contributed by atoms with Crippen molar-refractivity contribution in [3.63, 3.8) is 0 Å². The summed E-state index contributed by atoms with van der Waals surface area (Å²) >= 11 is 8.10. The van der Waals surface area contributed by atoms with E-state index in [1.807, 2.05) is 0 Å². The predicted octanol–water partition coefficient (Wildman–Crippen LogP) is 2.66. The number of hydrogen-bond donors (Lipinski definition) is 1. The van der Waals surface area contributed by atoms with E-state index < -0.39 is 29.0 Å². The number of thioether (sulfide) groups is 1. The Kier molecular flexibility index (Phi) is 5.21. The molecule has 0 saturated heterocycles. The van der Waals surface area contributed by atoms with Gasteiger partial charge in [-0.2, -0.15) is 0 Å². The fourth-order valence-electron chi connectivity index (χ4n) is 2.89. The second kappa shape index (κ2) is 7.23. The lowest BCUT2D eigenvalue weighted by molar-refractivity contribution is -0.151. The number of carbonyl (C=O) groups is 2. The molecule has 9 heteroatoms. The van der Waals surface area contributed by atoms with E-state index in [-0.39, 0.29) is 4.87 Å². The van der Waals surface area contributed by atoms with E-state index in [4.69, 9.17) is 21.1 Å². The molecule has 0 spiro atoms. The number of halogens is 1. The van der Waals surface area contributed by atoms with Gasteiger partial charge in [0.25, 0.3) is 0 Å². The number of aromatic amines is 1. The van der Waals surface area contributed by atoms with Gasteiger partial charge in [0.05, 0.1) is 25.2 Å². The van der Waals surface area contributed by atoms with Crippen molar-refractivity contribution in [1.82, 2.24) is 4.98 Å². The van der Waals surface area contributed by atoms with Crippen molar-refractivity contribution >= 4 is 46.6 Å². The Bertz CT molecular complexity index is 860. The molecular formula is C16H14ClNO5S2. The molecule has 1 N–H and O–H groups in total. The molecule has 3 rings (SSSR count). The Labute approximate surface area is 156 Å². The number of carbonyl (C=O) groups excluding carboxylic acids is 2. The Morgan fingerprint density at radius 2 is 1.76 bits per heavy atom. The average molecular weight is 400 g/mol. The number of benzene rings is 1. The second-order valence-corrected chi connectivity index (χ2v) is 7.95. The molecule has 1 aliphatic rings. The molecule has 2 heterocycles. The van der Waals surface area contributed by atoms with Crippen LogP contribution in [0.1, 0.15) is 16.4 Å². The number of ether oxygens (including phenoxy) is 2. The third kappa shape index (κ3) is 3.33. The monoisotopic (exact) mass is 399 g/mol. The summed E-state index contributed by atoms with van der Waals surface area (Å²) in [5.74, 6) is -2.40. The molecule has 1 aromatic heterocycles. The molecule has 1 aliphatic heterocycles. The molecule has 0 bridgehead atoms. The highest BCUT2D eigenvalue weighted by Crippen LogP contribution is 2.49. The third-order valence-corrected chi connectivity index (χ3v) is 6.63. The standard InChI is InChI=1S/C16H14ClNO5S2/c1-22-14(19)10-9(7-3-5-8(17)6-4-7)11-13(18-16(21)25-11)24-12(10)15(20)23-2/h3-6,9-10,12H,1-2H3,(H,18,21)/t9-,10+,12+/m1/s1. The van der Waals surface area contributed by atoms with Crippen LogP contribution in [0.25, 0.3) is 0 Å². The average Bonchev–Trinajstić information content (AvgIpc) is 2.99. The smallest absolute Gasteiger partial charge is 0.320 e. The summed E-state index contributed by atoms with van der Waals surface area (Å²) in [4.78, 5) is 39.9. The van der Waals surface area contributed by atoms with Crippen molar-refractivity contribution in [2.45, 2.75) is 16.2 Å². The summed E-state index contributed by atoms with van der Waals surface area (Å²) in [7, 11) is 2.54. The quantitative estimate of drug-likeness (QED) is 0.798. The van der Waals surface area contributed by atoms with Gasteiger partial charge in [0.2, 0.25) is 0 Å². The molecule has 1 aromatic carbocycles. The van der Waals surface area contributed by atoms with Gasteiger partial charge in [-0.15, -0.1) is 0 Å². The molecule has 0 saturated carbocycles. The maximum atomic E-state index is 12.5. The number of fused-ring (bicyclic) bond motifs is 1. The molecule has 0 fully saturated rings. The van der Waals surface area contributed by atoms with Gasteiger partial charge < -0.3 is 14.5 Å². The van der Waals surface area contributed by atoms with Gasteiger partial charge in [-0.05, 0) is 17.7 Å². The van der Waals surface area contributed by atoms with E-state index in [0.717, 1.165) is 28.7 Å². The van der Waals surface area contributed by atoms with Crippen LogP contribution in [0.4, 0.5) is 0 Å². The van der Waals surface area contributed by atoms with E-state index in [2.05, 4.69) is 4.98 Å². The SMILES string of the molecule is COC(=O)[C@H]1[C@@H](c2ccc(Cl)cc2)c2sc(=O)[nH]c2S[C@@H]1C(=O)OC. The Morgan fingerprint density at radius 1 is 1.12 bits per heavy atom. The van der Waals surface area contributed by atoms with Crippen LogP contribution >= 0.6 is 34.7 Å². The first-order valence-electron chi connectivity index (χ1n) is 7.27. The van der Waals surface area contributed by atoms with E-state index in [1.54, 1.807) is 24.3 Å². The highest BCUT2D eigenvalue weighted by Gasteiger charge is 2.48. The van der Waals surface area contributed by atoms with Crippen LogP contribution < -0.4 is 4.87 Å². The predicted molar refractivity (Wildman–Crippen MR) is 95.4 cm³/mol. The number of aromatic nitrogens is 1. The molecule has 3 atom stereocenters. The zero-order valence-electron chi connectivity index (χ0n) is 13.3. The third-order valence-electron chi connectivity index (χ3n) is 3.99. The van der Waals surface area contributed by atoms with Crippen molar-refractivity contribution in [3.05, 3.63) is 49.4 Å². The van der Waals surface area contributed by atoms with Gasteiger partial charge in [-0.25, -0.2) is 0 Å². The van der Waals surface area contributed by atoms with Crippen LogP contribution in [-0.2, 0) is 19.1 Å². The van der Waals surface area contributed by atoms with Crippen LogP contribution in [0.3, 0.4) is 0 Å². The number of hydrogen-bond acceptors (Lipinski definition) is 7. The first kappa shape index (κ1) is 18.0. The largest absolute Gasteiger partial charge is 0.469 e. The number of nitrogens with one attached hydrogen (secondary N) is 1. The van der Waals surface area contributed by atoms with Gasteiger partial charge in [-0.1, -0.05) is 46.8 Å². The maximum absolute atomic E-state index is 12.5. The van der Waals surface area contributed by atoms with Gasteiger partial charge >= 0.3 is 16.8 Å². The molecular weight excluding hydrogens is 386 g/mol. The van der Waals surface area contributed by atoms with Crippen LogP contribution in [0, 0.1) is 5.92 Å². The molecule has 25 heavy (non-hydrogen) atoms. The van der Waals surface area contributed by atoms with Gasteiger partial charge in [-0.3, -0.25) is 14.4 Å². The Morgan fingerprint density at radius 3 is 2.36 bits per heavy atom. The maximum Gasteiger partial charge on any atom is 0.320 e. The lowest BCUT2D eigenvalue weighted by Crippen LogP contribution is -2.40. The Hall–Kier alpha value is -1.77. The first-order valence-corrected chi connectivity index (χ1v) is 9.34. The van der Waals surface area contributed by atoms with Crippen molar-refractivity contribution in [2.75, 3.05) is 14.2 Å². The van der Waals surface area contributed by atoms with E-state index in [9.17, 15) is 14.4 Å². The summed E-state index contributed by atoms with van der Waals surface area (Å²) in [6, 6.07) is 6.97. The zero-order valence-corrected chi connectivity index (χ0v) is 15.7.